The van der Waals surface area contributed by atoms with Crippen LogP contribution < -0.4 is 5.32 Å². The Morgan fingerprint density at radius 1 is 1.14 bits per heavy atom. The van der Waals surface area contributed by atoms with E-state index in [2.05, 4.69) is 16.4 Å². The molecule has 2 heterocycles. The predicted octanol–water partition coefficient (Wildman–Crippen LogP) is 3.97. The number of hydrogen-bond acceptors (Lipinski definition) is 4. The molecule has 29 heavy (non-hydrogen) atoms. The van der Waals surface area contributed by atoms with Crippen LogP contribution in [0.4, 0.5) is 5.69 Å². The second-order valence-corrected chi connectivity index (χ2v) is 7.31. The van der Waals surface area contributed by atoms with Crippen molar-refractivity contribution in [1.82, 2.24) is 4.98 Å². The Morgan fingerprint density at radius 3 is 2.83 bits per heavy atom. The van der Waals surface area contributed by atoms with Gasteiger partial charge in [0.05, 0.1) is 5.92 Å². The molecule has 0 radical (unpaired) electrons. The average molecular weight is 390 g/mol. The molecule has 1 aliphatic heterocycles. The maximum atomic E-state index is 12.4. The molecular weight excluding hydrogens is 368 g/mol. The zero-order valence-corrected chi connectivity index (χ0v) is 16.2. The van der Waals surface area contributed by atoms with E-state index in [4.69, 9.17) is 4.74 Å². The van der Waals surface area contributed by atoms with Crippen LogP contribution in [0, 0.1) is 0 Å². The summed E-state index contributed by atoms with van der Waals surface area (Å²) < 4.78 is 5.15. The van der Waals surface area contributed by atoms with Crippen LogP contribution in [0.2, 0.25) is 0 Å². The standard InChI is InChI=1S/C23H22N2O4/c1-14-18-11-15(9-10-20(18)25-23(14)28)21(26)13-29-22(27)8-4-5-16-12-24-19-7-3-2-6-17(16)19/h2-3,6-7,9-12,14,24H,4-5,8,13H2,1H3,(H,25,28)/t14-/m1/s1. The van der Waals surface area contributed by atoms with Crippen molar-refractivity contribution >= 4 is 34.3 Å². The number of ether oxygens (including phenoxy) is 1. The number of carbonyl (C=O) groups excluding carboxylic acids is 3. The molecule has 148 valence electrons. The van der Waals surface area contributed by atoms with Crippen LogP contribution in [0.3, 0.4) is 0 Å². The van der Waals surface area contributed by atoms with Crippen molar-refractivity contribution < 1.29 is 19.1 Å². The molecule has 0 saturated carbocycles. The topological polar surface area (TPSA) is 88.3 Å². The Kier molecular flexibility index (Phi) is 5.16. The van der Waals surface area contributed by atoms with Crippen molar-refractivity contribution in [2.45, 2.75) is 32.1 Å². The van der Waals surface area contributed by atoms with Gasteiger partial charge in [-0.2, -0.15) is 0 Å². The number of H-pyrrole nitrogens is 1. The SMILES string of the molecule is C[C@H]1C(=O)Nc2ccc(C(=O)COC(=O)CCCc3c[nH]c4ccccc34)cc21. The zero-order valence-electron chi connectivity index (χ0n) is 16.2. The fraction of sp³-hybridized carbons (Fsp3) is 0.261. The van der Waals surface area contributed by atoms with E-state index in [0.29, 0.717) is 12.0 Å². The number of aromatic amines is 1. The predicted molar refractivity (Wildman–Crippen MR) is 110 cm³/mol. The Labute approximate surface area is 168 Å². The van der Waals surface area contributed by atoms with Crippen LogP contribution in [0.15, 0.2) is 48.7 Å². The molecule has 1 aliphatic rings. The van der Waals surface area contributed by atoms with Gasteiger partial charge in [-0.05, 0) is 55.2 Å². The van der Waals surface area contributed by atoms with Crippen LogP contribution in [0.5, 0.6) is 0 Å². The monoisotopic (exact) mass is 390 g/mol. The third-order valence-electron chi connectivity index (χ3n) is 5.36. The van der Waals surface area contributed by atoms with E-state index in [1.807, 2.05) is 24.4 Å². The molecule has 0 spiro atoms. The highest BCUT2D eigenvalue weighted by Gasteiger charge is 2.27. The number of rotatable bonds is 7. The van der Waals surface area contributed by atoms with E-state index in [-0.39, 0.29) is 36.6 Å². The first-order valence-electron chi connectivity index (χ1n) is 9.71. The minimum Gasteiger partial charge on any atom is -0.457 e. The molecule has 6 heteroatoms. The maximum absolute atomic E-state index is 12.4. The van der Waals surface area contributed by atoms with Gasteiger partial charge < -0.3 is 15.0 Å². The molecule has 2 aromatic carbocycles. The molecule has 0 aliphatic carbocycles. The number of para-hydroxylation sites is 1. The van der Waals surface area contributed by atoms with Gasteiger partial charge in [0.2, 0.25) is 5.91 Å². The number of aromatic nitrogens is 1. The zero-order chi connectivity index (χ0) is 20.4. The number of amides is 1. The summed E-state index contributed by atoms with van der Waals surface area (Å²) in [4.78, 5) is 39.3. The van der Waals surface area contributed by atoms with Crippen LogP contribution in [0.1, 0.15) is 47.2 Å². The number of carbonyl (C=O) groups is 3. The van der Waals surface area contributed by atoms with Crippen molar-refractivity contribution in [3.63, 3.8) is 0 Å². The highest BCUT2D eigenvalue weighted by Crippen LogP contribution is 2.32. The number of hydrogen-bond donors (Lipinski definition) is 2. The lowest BCUT2D eigenvalue weighted by Gasteiger charge is -2.07. The summed E-state index contributed by atoms with van der Waals surface area (Å²) >= 11 is 0. The second kappa shape index (κ2) is 7.91. The van der Waals surface area contributed by atoms with Crippen molar-refractivity contribution in [3.8, 4) is 0 Å². The Balaban J connectivity index is 1.26. The molecule has 1 atom stereocenters. The number of Topliss-reactive ketones (excluding diaryl/α,β-unsaturated/α-hetero) is 1. The number of aryl methyl sites for hydroxylation is 1. The van der Waals surface area contributed by atoms with E-state index in [1.54, 1.807) is 25.1 Å². The van der Waals surface area contributed by atoms with Gasteiger partial charge in [0.1, 0.15) is 0 Å². The molecule has 0 bridgehead atoms. The van der Waals surface area contributed by atoms with E-state index in [9.17, 15) is 14.4 Å². The van der Waals surface area contributed by atoms with Crippen LogP contribution in [-0.2, 0) is 20.7 Å². The number of benzene rings is 2. The summed E-state index contributed by atoms with van der Waals surface area (Å²) in [5.41, 5.74) is 4.22. The van der Waals surface area contributed by atoms with E-state index >= 15 is 0 Å². The van der Waals surface area contributed by atoms with Gasteiger partial charge in [-0.25, -0.2) is 0 Å². The quantitative estimate of drug-likeness (QED) is 0.472. The summed E-state index contributed by atoms with van der Waals surface area (Å²) in [5.74, 6) is -1.02. The average Bonchev–Trinajstić information content (AvgIpc) is 3.27. The molecule has 2 N–H and O–H groups in total. The molecule has 0 fully saturated rings. The summed E-state index contributed by atoms with van der Waals surface area (Å²) in [6.07, 6.45) is 3.64. The van der Waals surface area contributed by atoms with Gasteiger partial charge >= 0.3 is 5.97 Å². The van der Waals surface area contributed by atoms with E-state index in [1.165, 1.54) is 5.56 Å². The number of fused-ring (bicyclic) bond motifs is 2. The van der Waals surface area contributed by atoms with Crippen LogP contribution >= 0.6 is 0 Å². The normalized spacial score (nSPS) is 15.2. The van der Waals surface area contributed by atoms with Crippen molar-refractivity contribution in [1.29, 1.82) is 0 Å². The number of nitrogens with one attached hydrogen (secondary N) is 2. The molecule has 0 unspecified atom stereocenters. The fourth-order valence-electron chi connectivity index (χ4n) is 3.65. The van der Waals surface area contributed by atoms with Gasteiger partial charge in [-0.15, -0.1) is 0 Å². The Morgan fingerprint density at radius 2 is 1.97 bits per heavy atom. The molecular formula is C23H22N2O4. The second-order valence-electron chi connectivity index (χ2n) is 7.31. The lowest BCUT2D eigenvalue weighted by molar-refractivity contribution is -0.142. The van der Waals surface area contributed by atoms with Gasteiger partial charge in [0.15, 0.2) is 12.4 Å². The lowest BCUT2D eigenvalue weighted by Crippen LogP contribution is -2.14. The largest absolute Gasteiger partial charge is 0.457 e. The van der Waals surface area contributed by atoms with Crippen LogP contribution in [0.25, 0.3) is 10.9 Å². The lowest BCUT2D eigenvalue weighted by atomic mass is 9.99. The third-order valence-corrected chi connectivity index (χ3v) is 5.36. The molecule has 1 amide bonds. The number of anilines is 1. The Hall–Kier alpha value is -3.41. The molecule has 4 rings (SSSR count). The van der Waals surface area contributed by atoms with Crippen molar-refractivity contribution in [2.24, 2.45) is 0 Å². The highest BCUT2D eigenvalue weighted by atomic mass is 16.5. The van der Waals surface area contributed by atoms with Gasteiger partial charge in [0.25, 0.3) is 0 Å². The smallest absolute Gasteiger partial charge is 0.306 e. The first-order chi connectivity index (χ1) is 14.0. The maximum Gasteiger partial charge on any atom is 0.306 e. The third kappa shape index (κ3) is 3.92. The van der Waals surface area contributed by atoms with Gasteiger partial charge in [-0.1, -0.05) is 18.2 Å². The van der Waals surface area contributed by atoms with Gasteiger partial charge in [0, 0.05) is 34.8 Å². The molecule has 0 saturated heterocycles. The first-order valence-corrected chi connectivity index (χ1v) is 9.71. The number of ketones is 1. The van der Waals surface area contributed by atoms with E-state index in [0.717, 1.165) is 28.6 Å². The molecule has 6 nitrogen and oxygen atoms in total. The minimum atomic E-state index is -0.385. The molecule has 1 aromatic heterocycles. The fourth-order valence-corrected chi connectivity index (χ4v) is 3.65. The summed E-state index contributed by atoms with van der Waals surface area (Å²) in [5, 5.41) is 3.93. The number of esters is 1. The van der Waals surface area contributed by atoms with Crippen LogP contribution in [-0.4, -0.2) is 29.3 Å². The summed E-state index contributed by atoms with van der Waals surface area (Å²) in [6.45, 7) is 1.50. The first kappa shape index (κ1) is 18.9. The minimum absolute atomic E-state index is 0.0776. The van der Waals surface area contributed by atoms with Gasteiger partial charge in [-0.3, -0.25) is 14.4 Å². The summed E-state index contributed by atoms with van der Waals surface area (Å²) in [6, 6.07) is 13.1. The molecule has 3 aromatic rings. The van der Waals surface area contributed by atoms with E-state index < -0.39 is 0 Å². The highest BCUT2D eigenvalue weighted by molar-refractivity contribution is 6.05. The Bertz CT molecular complexity index is 1100. The van der Waals surface area contributed by atoms with Crippen molar-refractivity contribution in [3.05, 3.63) is 65.4 Å². The summed E-state index contributed by atoms with van der Waals surface area (Å²) in [7, 11) is 0. The van der Waals surface area contributed by atoms with Crippen molar-refractivity contribution in [2.75, 3.05) is 11.9 Å².